The van der Waals surface area contributed by atoms with Crippen LogP contribution in [-0.2, 0) is 22.7 Å². The first-order chi connectivity index (χ1) is 11.1. The van der Waals surface area contributed by atoms with E-state index >= 15 is 0 Å². The van der Waals surface area contributed by atoms with Gasteiger partial charge in [0, 0.05) is 27.2 Å². The molecule has 1 aromatic rings. The Hall–Kier alpha value is -1.35. The van der Waals surface area contributed by atoms with Crippen LogP contribution in [0, 0.1) is 0 Å². The average Bonchev–Trinajstić information content (AvgIpc) is 2.56. The molecule has 1 rings (SSSR count). The molecule has 7 heteroatoms. The summed E-state index contributed by atoms with van der Waals surface area (Å²) in [5.74, 6) is 0.650. The number of aliphatic imine (C=N–C) groups is 1. The lowest BCUT2D eigenvalue weighted by atomic mass is 10.1. The molecule has 1 amide bonds. The maximum Gasteiger partial charge on any atom is 0.241 e. The standard InChI is InChI=1S/C17H28N4O2.HI/c1-5-18-17(20-12-16(22)21(3)4)19-11-14-7-9-15(10-8-14)13-23-6-2;/h7-10H,5-6,11-13H2,1-4H3,(H2,18,19,20);1H. The highest BCUT2D eigenvalue weighted by molar-refractivity contribution is 14.0. The van der Waals surface area contributed by atoms with E-state index in [2.05, 4.69) is 27.8 Å². The second-order valence-corrected chi connectivity index (χ2v) is 5.29. The molecular weight excluding hydrogens is 419 g/mol. The van der Waals surface area contributed by atoms with E-state index in [-0.39, 0.29) is 36.4 Å². The summed E-state index contributed by atoms with van der Waals surface area (Å²) in [6.45, 7) is 6.86. The van der Waals surface area contributed by atoms with Crippen LogP contribution in [0.4, 0.5) is 0 Å². The van der Waals surface area contributed by atoms with E-state index in [1.807, 2.05) is 26.0 Å². The van der Waals surface area contributed by atoms with Gasteiger partial charge in [-0.15, -0.1) is 24.0 Å². The van der Waals surface area contributed by atoms with E-state index in [1.54, 1.807) is 19.0 Å². The van der Waals surface area contributed by atoms with Crippen molar-refractivity contribution in [1.29, 1.82) is 0 Å². The van der Waals surface area contributed by atoms with E-state index < -0.39 is 0 Å². The second-order valence-electron chi connectivity index (χ2n) is 5.29. The van der Waals surface area contributed by atoms with Gasteiger partial charge in [0.2, 0.25) is 5.91 Å². The first kappa shape index (κ1) is 22.6. The van der Waals surface area contributed by atoms with Gasteiger partial charge in [-0.2, -0.15) is 0 Å². The van der Waals surface area contributed by atoms with Crippen LogP contribution in [0.2, 0.25) is 0 Å². The van der Waals surface area contributed by atoms with Crippen LogP contribution < -0.4 is 10.6 Å². The van der Waals surface area contributed by atoms with Crippen molar-refractivity contribution in [3.63, 3.8) is 0 Å². The molecule has 0 spiro atoms. The van der Waals surface area contributed by atoms with Crippen molar-refractivity contribution in [1.82, 2.24) is 15.5 Å². The van der Waals surface area contributed by atoms with E-state index in [0.717, 1.165) is 24.3 Å². The number of nitrogens with zero attached hydrogens (tertiary/aromatic N) is 2. The summed E-state index contributed by atoms with van der Waals surface area (Å²) in [6, 6.07) is 8.20. The van der Waals surface area contributed by atoms with Crippen LogP contribution in [0.1, 0.15) is 25.0 Å². The van der Waals surface area contributed by atoms with Crippen molar-refractivity contribution in [3.05, 3.63) is 35.4 Å². The van der Waals surface area contributed by atoms with E-state index in [1.165, 1.54) is 0 Å². The zero-order valence-corrected chi connectivity index (χ0v) is 17.3. The summed E-state index contributed by atoms with van der Waals surface area (Å²) in [7, 11) is 3.47. The highest BCUT2D eigenvalue weighted by Crippen LogP contribution is 2.07. The topological polar surface area (TPSA) is 66.0 Å². The lowest BCUT2D eigenvalue weighted by Crippen LogP contribution is -2.42. The number of nitrogens with one attached hydrogen (secondary N) is 2. The Labute approximate surface area is 162 Å². The molecule has 0 aliphatic carbocycles. The lowest BCUT2D eigenvalue weighted by molar-refractivity contribution is -0.127. The minimum Gasteiger partial charge on any atom is -0.377 e. The molecule has 0 aromatic heterocycles. The number of carbonyl (C=O) groups excluding carboxylic acids is 1. The molecule has 2 N–H and O–H groups in total. The predicted octanol–water partition coefficient (Wildman–Crippen LogP) is 1.98. The van der Waals surface area contributed by atoms with Gasteiger partial charge in [0.25, 0.3) is 0 Å². The van der Waals surface area contributed by atoms with Gasteiger partial charge in [-0.3, -0.25) is 4.79 Å². The summed E-state index contributed by atoms with van der Waals surface area (Å²) in [4.78, 5) is 17.7. The Morgan fingerprint density at radius 3 is 2.29 bits per heavy atom. The Morgan fingerprint density at radius 1 is 1.12 bits per heavy atom. The first-order valence-electron chi connectivity index (χ1n) is 7.94. The molecular formula is C17H29IN4O2. The number of benzene rings is 1. The van der Waals surface area contributed by atoms with Gasteiger partial charge in [0.15, 0.2) is 5.96 Å². The number of hydrogen-bond acceptors (Lipinski definition) is 3. The van der Waals surface area contributed by atoms with Crippen LogP contribution >= 0.6 is 24.0 Å². The minimum atomic E-state index is 0. The van der Waals surface area contributed by atoms with Gasteiger partial charge in [0.1, 0.15) is 0 Å². The number of halogens is 1. The van der Waals surface area contributed by atoms with Crippen LogP contribution in [0.3, 0.4) is 0 Å². The molecule has 0 radical (unpaired) electrons. The summed E-state index contributed by atoms with van der Waals surface area (Å²) in [6.07, 6.45) is 0. The Morgan fingerprint density at radius 2 is 1.75 bits per heavy atom. The molecule has 0 aliphatic heterocycles. The van der Waals surface area contributed by atoms with Crippen LogP contribution in [0.5, 0.6) is 0 Å². The fraction of sp³-hybridized carbons (Fsp3) is 0.529. The summed E-state index contributed by atoms with van der Waals surface area (Å²) in [5.41, 5.74) is 2.27. The quantitative estimate of drug-likeness (QED) is 0.363. The summed E-state index contributed by atoms with van der Waals surface area (Å²) in [5, 5.41) is 6.17. The SMILES string of the molecule is CCNC(=NCc1ccc(COCC)cc1)NCC(=O)N(C)C.I. The molecule has 0 unspecified atom stereocenters. The molecule has 0 fully saturated rings. The highest BCUT2D eigenvalue weighted by atomic mass is 127. The molecule has 6 nitrogen and oxygen atoms in total. The number of rotatable bonds is 8. The predicted molar refractivity (Wildman–Crippen MR) is 109 cm³/mol. The van der Waals surface area contributed by atoms with Gasteiger partial charge in [-0.05, 0) is 25.0 Å². The van der Waals surface area contributed by atoms with E-state index in [0.29, 0.717) is 19.1 Å². The van der Waals surface area contributed by atoms with Crippen molar-refractivity contribution in [2.24, 2.45) is 4.99 Å². The van der Waals surface area contributed by atoms with E-state index in [9.17, 15) is 4.79 Å². The number of amides is 1. The average molecular weight is 448 g/mol. The highest BCUT2D eigenvalue weighted by Gasteiger charge is 2.05. The summed E-state index contributed by atoms with van der Waals surface area (Å²) < 4.78 is 5.38. The molecule has 0 saturated carbocycles. The van der Waals surface area contributed by atoms with Crippen molar-refractivity contribution >= 4 is 35.8 Å². The molecule has 0 saturated heterocycles. The molecule has 0 atom stereocenters. The Bertz CT molecular complexity index is 504. The largest absolute Gasteiger partial charge is 0.377 e. The van der Waals surface area contributed by atoms with Gasteiger partial charge >= 0.3 is 0 Å². The molecule has 1 aromatic carbocycles. The summed E-state index contributed by atoms with van der Waals surface area (Å²) >= 11 is 0. The minimum absolute atomic E-state index is 0. The van der Waals surface area contributed by atoms with Crippen molar-refractivity contribution in [2.45, 2.75) is 27.0 Å². The maximum atomic E-state index is 11.6. The lowest BCUT2D eigenvalue weighted by Gasteiger charge is -2.14. The van der Waals surface area contributed by atoms with Crippen LogP contribution in [0.15, 0.2) is 29.3 Å². The number of guanidine groups is 1. The number of hydrogen-bond donors (Lipinski definition) is 2. The smallest absolute Gasteiger partial charge is 0.241 e. The zero-order valence-electron chi connectivity index (χ0n) is 15.0. The van der Waals surface area contributed by atoms with Gasteiger partial charge in [-0.1, -0.05) is 24.3 Å². The van der Waals surface area contributed by atoms with Gasteiger partial charge in [0.05, 0.1) is 19.7 Å². The Balaban J connectivity index is 0.00000529. The Kier molecular flexibility index (Phi) is 12.3. The maximum absolute atomic E-state index is 11.6. The second kappa shape index (κ2) is 13.0. The monoisotopic (exact) mass is 448 g/mol. The number of ether oxygens (including phenoxy) is 1. The molecule has 0 heterocycles. The first-order valence-corrected chi connectivity index (χ1v) is 7.94. The van der Waals surface area contributed by atoms with Crippen molar-refractivity contribution in [3.8, 4) is 0 Å². The van der Waals surface area contributed by atoms with Gasteiger partial charge < -0.3 is 20.3 Å². The van der Waals surface area contributed by atoms with Crippen LogP contribution in [0.25, 0.3) is 0 Å². The normalized spacial score (nSPS) is 10.8. The fourth-order valence-electron chi connectivity index (χ4n) is 1.79. The third-order valence-corrected chi connectivity index (χ3v) is 3.17. The van der Waals surface area contributed by atoms with Crippen LogP contribution in [-0.4, -0.2) is 50.6 Å². The van der Waals surface area contributed by atoms with Crippen molar-refractivity contribution < 1.29 is 9.53 Å². The fourth-order valence-corrected chi connectivity index (χ4v) is 1.79. The van der Waals surface area contributed by atoms with Gasteiger partial charge in [-0.25, -0.2) is 4.99 Å². The molecule has 0 bridgehead atoms. The van der Waals surface area contributed by atoms with Crippen molar-refractivity contribution in [2.75, 3.05) is 33.8 Å². The zero-order chi connectivity index (χ0) is 17.1. The van der Waals surface area contributed by atoms with E-state index in [4.69, 9.17) is 4.74 Å². The number of carbonyl (C=O) groups is 1. The number of likely N-dealkylation sites (N-methyl/N-ethyl adjacent to an activating group) is 1. The molecule has 0 aliphatic rings. The molecule has 24 heavy (non-hydrogen) atoms. The molecule has 136 valence electrons. The third-order valence-electron chi connectivity index (χ3n) is 3.17. The third kappa shape index (κ3) is 9.07.